The maximum atomic E-state index is 12.1. The fraction of sp³-hybridized carbons (Fsp3) is 0.357. The molecule has 0 heterocycles. The van der Waals surface area contributed by atoms with Crippen molar-refractivity contribution < 1.29 is 4.79 Å². The Morgan fingerprint density at radius 3 is 2.17 bits per heavy atom. The van der Waals surface area contributed by atoms with Crippen LogP contribution in [0.4, 0.5) is 0 Å². The third kappa shape index (κ3) is 3.41. The van der Waals surface area contributed by atoms with Gasteiger partial charge in [0.1, 0.15) is 5.54 Å². The molecular formula is C14H15Cl2NO. The summed E-state index contributed by atoms with van der Waals surface area (Å²) >= 11 is 11.7. The maximum Gasteiger partial charge on any atom is 0.252 e. The molecular weight excluding hydrogens is 269 g/mol. The van der Waals surface area contributed by atoms with Crippen LogP contribution in [-0.2, 0) is 0 Å². The molecule has 96 valence electrons. The molecule has 0 aliphatic carbocycles. The fourth-order valence-electron chi connectivity index (χ4n) is 1.64. The second-order valence-electron chi connectivity index (χ2n) is 4.05. The van der Waals surface area contributed by atoms with Crippen molar-refractivity contribution in [1.82, 2.24) is 5.32 Å². The molecule has 0 saturated heterocycles. The lowest BCUT2D eigenvalue weighted by Gasteiger charge is -2.27. The van der Waals surface area contributed by atoms with Gasteiger partial charge in [0.2, 0.25) is 0 Å². The Hall–Kier alpha value is -1.17. The summed E-state index contributed by atoms with van der Waals surface area (Å²) in [5.41, 5.74) is -0.208. The van der Waals surface area contributed by atoms with Crippen LogP contribution in [0.25, 0.3) is 0 Å². The molecule has 0 spiro atoms. The minimum Gasteiger partial charge on any atom is -0.336 e. The number of carbonyl (C=O) groups is 1. The molecule has 0 fully saturated rings. The van der Waals surface area contributed by atoms with E-state index in [1.165, 1.54) is 0 Å². The second-order valence-corrected chi connectivity index (χ2v) is 4.92. The Kier molecular flexibility index (Phi) is 5.07. The van der Waals surface area contributed by atoms with Gasteiger partial charge in [-0.05, 0) is 31.0 Å². The smallest absolute Gasteiger partial charge is 0.252 e. The van der Waals surface area contributed by atoms with Crippen molar-refractivity contribution in [2.45, 2.75) is 32.2 Å². The number of amides is 1. The molecule has 0 saturated carbocycles. The Bertz CT molecular complexity index is 467. The van der Waals surface area contributed by atoms with Gasteiger partial charge in [-0.2, -0.15) is 0 Å². The van der Waals surface area contributed by atoms with Crippen molar-refractivity contribution in [2.24, 2.45) is 0 Å². The van der Waals surface area contributed by atoms with Gasteiger partial charge in [-0.15, -0.1) is 6.42 Å². The van der Waals surface area contributed by atoms with Crippen LogP contribution in [0.15, 0.2) is 18.2 Å². The highest BCUT2D eigenvalue weighted by molar-refractivity contribution is 6.35. The first-order valence-electron chi connectivity index (χ1n) is 5.72. The molecule has 0 aliphatic heterocycles. The maximum absolute atomic E-state index is 12.1. The Morgan fingerprint density at radius 2 is 1.78 bits per heavy atom. The molecule has 1 N–H and O–H groups in total. The van der Waals surface area contributed by atoms with E-state index in [2.05, 4.69) is 11.2 Å². The van der Waals surface area contributed by atoms with Crippen molar-refractivity contribution in [1.29, 1.82) is 0 Å². The predicted octanol–water partition coefficient (Wildman–Crippen LogP) is 3.92. The summed E-state index contributed by atoms with van der Waals surface area (Å²) in [5, 5.41) is 3.70. The van der Waals surface area contributed by atoms with E-state index in [4.69, 9.17) is 29.6 Å². The molecule has 0 radical (unpaired) electrons. The van der Waals surface area contributed by atoms with E-state index in [1.807, 2.05) is 13.8 Å². The van der Waals surface area contributed by atoms with Gasteiger partial charge in [-0.3, -0.25) is 4.79 Å². The molecule has 1 aromatic rings. The lowest BCUT2D eigenvalue weighted by Crippen LogP contribution is -2.46. The number of hydrogen-bond donors (Lipinski definition) is 1. The van der Waals surface area contributed by atoms with Crippen molar-refractivity contribution in [3.05, 3.63) is 33.8 Å². The SMILES string of the molecule is C#CC(CC)(CC)NC(=O)c1cc(Cl)cc(Cl)c1. The molecule has 0 aliphatic rings. The summed E-state index contributed by atoms with van der Waals surface area (Å²) in [6.07, 6.45) is 6.83. The zero-order valence-corrected chi connectivity index (χ0v) is 11.9. The van der Waals surface area contributed by atoms with Crippen molar-refractivity contribution in [3.63, 3.8) is 0 Å². The van der Waals surface area contributed by atoms with Crippen LogP contribution in [-0.4, -0.2) is 11.4 Å². The average molecular weight is 284 g/mol. The van der Waals surface area contributed by atoms with Crippen LogP contribution >= 0.6 is 23.2 Å². The normalized spacial score (nSPS) is 10.8. The van der Waals surface area contributed by atoms with Crippen LogP contribution in [0.5, 0.6) is 0 Å². The monoisotopic (exact) mass is 283 g/mol. The highest BCUT2D eigenvalue weighted by atomic mass is 35.5. The molecule has 0 aromatic heterocycles. The molecule has 4 heteroatoms. The summed E-state index contributed by atoms with van der Waals surface area (Å²) in [6, 6.07) is 4.71. The first-order chi connectivity index (χ1) is 8.46. The van der Waals surface area contributed by atoms with Gasteiger partial charge in [0.15, 0.2) is 0 Å². The van der Waals surface area contributed by atoms with Crippen LogP contribution in [0.2, 0.25) is 10.0 Å². The van der Waals surface area contributed by atoms with Crippen LogP contribution in [0, 0.1) is 12.3 Å². The van der Waals surface area contributed by atoms with Gasteiger partial charge in [-0.1, -0.05) is 43.0 Å². The van der Waals surface area contributed by atoms with E-state index in [0.717, 1.165) is 0 Å². The van der Waals surface area contributed by atoms with Gasteiger partial charge in [0.25, 0.3) is 5.91 Å². The van der Waals surface area contributed by atoms with Gasteiger partial charge in [0.05, 0.1) is 0 Å². The highest BCUT2D eigenvalue weighted by Crippen LogP contribution is 2.20. The third-order valence-electron chi connectivity index (χ3n) is 2.96. The van der Waals surface area contributed by atoms with E-state index < -0.39 is 5.54 Å². The molecule has 1 amide bonds. The topological polar surface area (TPSA) is 29.1 Å². The summed E-state index contributed by atoms with van der Waals surface area (Å²) < 4.78 is 0. The summed E-state index contributed by atoms with van der Waals surface area (Å²) in [4.78, 5) is 12.1. The number of carbonyl (C=O) groups excluding carboxylic acids is 1. The number of nitrogens with one attached hydrogen (secondary N) is 1. The van der Waals surface area contributed by atoms with Gasteiger partial charge < -0.3 is 5.32 Å². The van der Waals surface area contributed by atoms with Crippen molar-refractivity contribution >= 4 is 29.1 Å². The van der Waals surface area contributed by atoms with E-state index in [-0.39, 0.29) is 5.91 Å². The second kappa shape index (κ2) is 6.13. The molecule has 2 nitrogen and oxygen atoms in total. The van der Waals surface area contributed by atoms with Crippen molar-refractivity contribution in [3.8, 4) is 12.3 Å². The Morgan fingerprint density at radius 1 is 1.28 bits per heavy atom. The lowest BCUT2D eigenvalue weighted by molar-refractivity contribution is 0.0916. The van der Waals surface area contributed by atoms with E-state index in [0.29, 0.717) is 28.5 Å². The van der Waals surface area contributed by atoms with E-state index in [9.17, 15) is 4.79 Å². The molecule has 1 aromatic carbocycles. The zero-order valence-electron chi connectivity index (χ0n) is 10.4. The largest absolute Gasteiger partial charge is 0.336 e. The number of terminal acetylenes is 1. The molecule has 1 rings (SSSR count). The minimum atomic E-state index is -0.619. The number of hydrogen-bond acceptors (Lipinski definition) is 1. The van der Waals surface area contributed by atoms with E-state index in [1.54, 1.807) is 18.2 Å². The van der Waals surface area contributed by atoms with Gasteiger partial charge >= 0.3 is 0 Å². The van der Waals surface area contributed by atoms with Crippen LogP contribution < -0.4 is 5.32 Å². The number of rotatable bonds is 4. The summed E-state index contributed by atoms with van der Waals surface area (Å²) in [6.45, 7) is 3.88. The molecule has 0 unspecified atom stereocenters. The first-order valence-corrected chi connectivity index (χ1v) is 6.48. The molecule has 18 heavy (non-hydrogen) atoms. The zero-order chi connectivity index (χ0) is 13.8. The third-order valence-corrected chi connectivity index (χ3v) is 3.40. The highest BCUT2D eigenvalue weighted by Gasteiger charge is 2.25. The first kappa shape index (κ1) is 14.9. The Balaban J connectivity index is 2.98. The van der Waals surface area contributed by atoms with Crippen molar-refractivity contribution in [2.75, 3.05) is 0 Å². The number of benzene rings is 1. The summed E-state index contributed by atoms with van der Waals surface area (Å²) in [5.74, 6) is 2.38. The fourth-order valence-corrected chi connectivity index (χ4v) is 2.17. The Labute approximate surface area is 118 Å². The number of halogens is 2. The molecule has 0 bridgehead atoms. The van der Waals surface area contributed by atoms with E-state index >= 15 is 0 Å². The quantitative estimate of drug-likeness (QED) is 0.834. The van der Waals surface area contributed by atoms with Gasteiger partial charge in [0, 0.05) is 15.6 Å². The van der Waals surface area contributed by atoms with Gasteiger partial charge in [-0.25, -0.2) is 0 Å². The summed E-state index contributed by atoms with van der Waals surface area (Å²) in [7, 11) is 0. The lowest BCUT2D eigenvalue weighted by atomic mass is 9.93. The standard InChI is InChI=1S/C14H15Cl2NO/c1-4-14(5-2,6-3)17-13(18)10-7-11(15)9-12(16)8-10/h1,7-9H,5-6H2,2-3H3,(H,17,18). The average Bonchev–Trinajstić information content (AvgIpc) is 2.35. The van der Waals surface area contributed by atoms with Crippen LogP contribution in [0.1, 0.15) is 37.0 Å². The van der Waals surface area contributed by atoms with Crippen LogP contribution in [0.3, 0.4) is 0 Å². The predicted molar refractivity (Wildman–Crippen MR) is 76.1 cm³/mol. The minimum absolute atomic E-state index is 0.263. The molecule has 0 atom stereocenters.